The molecule has 2 atom stereocenters. The van der Waals surface area contributed by atoms with E-state index in [2.05, 4.69) is 17.4 Å². The number of amides is 2. The van der Waals surface area contributed by atoms with Crippen LogP contribution in [0.15, 0.2) is 78.9 Å². The number of morpholine rings is 1. The molecule has 0 saturated carbocycles. The van der Waals surface area contributed by atoms with Gasteiger partial charge in [-0.3, -0.25) is 9.59 Å². The van der Waals surface area contributed by atoms with Crippen LogP contribution in [0.1, 0.15) is 39.9 Å². The second-order valence-corrected chi connectivity index (χ2v) is 9.92. The molecule has 0 aromatic heterocycles. The second kappa shape index (κ2) is 15.3. The number of carbonyl (C=O) groups is 2. The quantitative estimate of drug-likeness (QED) is 0.315. The molecule has 1 saturated heterocycles. The Hall–Kier alpha value is -3.39. The Morgan fingerprint density at radius 2 is 1.38 bits per heavy atom. The lowest BCUT2D eigenvalue weighted by Crippen LogP contribution is -2.46. The number of nitrogens with zero attached hydrogens (tertiary/aromatic N) is 1. The third-order valence-electron chi connectivity index (χ3n) is 7.02. The summed E-state index contributed by atoms with van der Waals surface area (Å²) in [7, 11) is 0. The summed E-state index contributed by atoms with van der Waals surface area (Å²) in [6.07, 6.45) is 3.76. The maximum Gasteiger partial charge on any atom is 0.254 e. The molecule has 4 rings (SSSR count). The van der Waals surface area contributed by atoms with Crippen LogP contribution in [-0.2, 0) is 28.8 Å². The molecule has 1 aliphatic rings. The van der Waals surface area contributed by atoms with E-state index in [-0.39, 0.29) is 30.3 Å². The van der Waals surface area contributed by atoms with E-state index in [9.17, 15) is 9.59 Å². The number of aryl methyl sites for hydroxylation is 2. The number of nitrogens with two attached hydrogens (primary N) is 2. The first-order valence-electron chi connectivity index (χ1n) is 13.4. The number of benzene rings is 3. The van der Waals surface area contributed by atoms with Gasteiger partial charge < -0.3 is 26.4 Å². The van der Waals surface area contributed by atoms with Crippen LogP contribution in [0.2, 0.25) is 0 Å². The van der Waals surface area contributed by atoms with E-state index in [0.29, 0.717) is 38.3 Å². The normalized spacial score (nSPS) is 14.6. The molecule has 8 heteroatoms. The van der Waals surface area contributed by atoms with E-state index < -0.39 is 6.04 Å². The molecule has 3 aromatic rings. The van der Waals surface area contributed by atoms with Crippen molar-refractivity contribution in [3.63, 3.8) is 0 Å². The van der Waals surface area contributed by atoms with Crippen LogP contribution in [0.25, 0.3) is 0 Å². The van der Waals surface area contributed by atoms with Crippen molar-refractivity contribution >= 4 is 29.9 Å². The van der Waals surface area contributed by atoms with Gasteiger partial charge in [0.1, 0.15) is 0 Å². The molecule has 0 spiro atoms. The Morgan fingerprint density at radius 3 is 2.00 bits per heavy atom. The Morgan fingerprint density at radius 1 is 0.821 bits per heavy atom. The smallest absolute Gasteiger partial charge is 0.254 e. The van der Waals surface area contributed by atoms with Gasteiger partial charge in [0.2, 0.25) is 5.91 Å². The van der Waals surface area contributed by atoms with Gasteiger partial charge in [-0.15, -0.1) is 12.4 Å². The van der Waals surface area contributed by atoms with E-state index in [1.54, 1.807) is 4.90 Å². The maximum atomic E-state index is 13.1. The Bertz CT molecular complexity index is 1170. The number of carbonyl (C=O) groups excluding carboxylic acids is 2. The van der Waals surface area contributed by atoms with Crippen LogP contribution in [0.4, 0.5) is 5.69 Å². The highest BCUT2D eigenvalue weighted by Crippen LogP contribution is 2.14. The molecule has 0 unspecified atom stereocenters. The third kappa shape index (κ3) is 9.39. The summed E-state index contributed by atoms with van der Waals surface area (Å²) < 4.78 is 5.33. The summed E-state index contributed by atoms with van der Waals surface area (Å²) in [5.74, 6) is -0.155. The Balaban J connectivity index is 0.00000420. The van der Waals surface area contributed by atoms with Gasteiger partial charge in [-0.25, -0.2) is 0 Å². The fraction of sp³-hybridized carbons (Fsp3) is 0.355. The summed E-state index contributed by atoms with van der Waals surface area (Å²) in [6.45, 7) is 2.35. The van der Waals surface area contributed by atoms with Crippen LogP contribution >= 0.6 is 12.4 Å². The zero-order valence-corrected chi connectivity index (χ0v) is 23.1. The first-order valence-corrected chi connectivity index (χ1v) is 13.4. The maximum absolute atomic E-state index is 13.1. The monoisotopic (exact) mass is 550 g/mol. The number of halogens is 1. The highest BCUT2D eigenvalue weighted by atomic mass is 35.5. The molecule has 0 radical (unpaired) electrons. The van der Waals surface area contributed by atoms with Crippen LogP contribution < -0.4 is 16.8 Å². The van der Waals surface area contributed by atoms with E-state index in [4.69, 9.17) is 16.2 Å². The summed E-state index contributed by atoms with van der Waals surface area (Å²) >= 11 is 0. The molecule has 0 aliphatic carbocycles. The highest BCUT2D eigenvalue weighted by molar-refractivity contribution is 5.94. The minimum absolute atomic E-state index is 0. The van der Waals surface area contributed by atoms with Gasteiger partial charge in [0, 0.05) is 30.4 Å². The molecule has 1 aliphatic heterocycles. The first-order chi connectivity index (χ1) is 18.5. The molecule has 7 nitrogen and oxygen atoms in total. The van der Waals surface area contributed by atoms with Crippen molar-refractivity contribution in [1.82, 2.24) is 10.2 Å². The number of nitrogens with one attached hydrogen (secondary N) is 1. The van der Waals surface area contributed by atoms with E-state index in [1.807, 2.05) is 66.7 Å². The van der Waals surface area contributed by atoms with Crippen molar-refractivity contribution in [1.29, 1.82) is 0 Å². The molecule has 1 heterocycles. The predicted octanol–water partition coefficient (Wildman–Crippen LogP) is 3.78. The average Bonchev–Trinajstić information content (AvgIpc) is 2.96. The molecule has 0 bridgehead atoms. The van der Waals surface area contributed by atoms with Crippen LogP contribution in [0.3, 0.4) is 0 Å². The van der Waals surface area contributed by atoms with Crippen LogP contribution in [-0.4, -0.2) is 55.1 Å². The number of nitrogen functional groups attached to an aromatic ring is 1. The zero-order chi connectivity index (χ0) is 26.7. The SMILES string of the molecule is Cl.Nc1ccc(CC[C@H](CCc2ccccc2)NC(=O)[C@@H](N)Cc2ccc(C(=O)N3CCOCC3)cc2)cc1. The molecule has 5 N–H and O–H groups in total. The van der Waals surface area contributed by atoms with Crippen molar-refractivity contribution in [3.05, 3.63) is 101 Å². The van der Waals surface area contributed by atoms with Crippen molar-refractivity contribution in [3.8, 4) is 0 Å². The third-order valence-corrected chi connectivity index (χ3v) is 7.02. The molecule has 2 amide bonds. The van der Waals surface area contributed by atoms with Gasteiger partial charge in [0.15, 0.2) is 0 Å². The molecule has 39 heavy (non-hydrogen) atoms. The van der Waals surface area contributed by atoms with Gasteiger partial charge in [0.05, 0.1) is 19.3 Å². The molecule has 1 fully saturated rings. The van der Waals surface area contributed by atoms with Gasteiger partial charge >= 0.3 is 0 Å². The molecular formula is C31H39ClN4O3. The summed E-state index contributed by atoms with van der Waals surface area (Å²) in [6, 6.07) is 24.9. The Labute approximate surface area is 237 Å². The zero-order valence-electron chi connectivity index (χ0n) is 22.3. The van der Waals surface area contributed by atoms with Gasteiger partial charge in [-0.05, 0) is 73.1 Å². The van der Waals surface area contributed by atoms with Gasteiger partial charge in [-0.1, -0.05) is 54.6 Å². The lowest BCUT2D eigenvalue weighted by molar-refractivity contribution is -0.123. The van der Waals surface area contributed by atoms with Crippen LogP contribution in [0.5, 0.6) is 0 Å². The number of rotatable bonds is 11. The number of ether oxygens (including phenoxy) is 1. The molecular weight excluding hydrogens is 512 g/mol. The minimum Gasteiger partial charge on any atom is -0.399 e. The number of anilines is 1. The number of hydrogen-bond donors (Lipinski definition) is 3. The summed E-state index contributed by atoms with van der Waals surface area (Å²) in [5.41, 5.74) is 16.9. The Kier molecular flexibility index (Phi) is 11.8. The fourth-order valence-corrected chi connectivity index (χ4v) is 4.69. The van der Waals surface area contributed by atoms with Gasteiger partial charge in [0.25, 0.3) is 5.91 Å². The first kappa shape index (κ1) is 30.2. The van der Waals surface area contributed by atoms with Crippen LogP contribution in [0, 0.1) is 0 Å². The van der Waals surface area contributed by atoms with E-state index in [0.717, 1.165) is 36.9 Å². The fourth-order valence-electron chi connectivity index (χ4n) is 4.69. The van der Waals surface area contributed by atoms with E-state index >= 15 is 0 Å². The van der Waals surface area contributed by atoms with Crippen molar-refractivity contribution in [2.75, 3.05) is 32.0 Å². The largest absolute Gasteiger partial charge is 0.399 e. The second-order valence-electron chi connectivity index (χ2n) is 9.92. The highest BCUT2D eigenvalue weighted by Gasteiger charge is 2.21. The summed E-state index contributed by atoms with van der Waals surface area (Å²) in [5, 5.41) is 3.20. The topological polar surface area (TPSA) is 111 Å². The minimum atomic E-state index is -0.674. The van der Waals surface area contributed by atoms with Crippen molar-refractivity contribution in [2.24, 2.45) is 5.73 Å². The lowest BCUT2D eigenvalue weighted by atomic mass is 9.98. The van der Waals surface area contributed by atoms with E-state index in [1.165, 1.54) is 11.1 Å². The predicted molar refractivity (Wildman–Crippen MR) is 158 cm³/mol. The molecule has 208 valence electrons. The average molecular weight is 551 g/mol. The molecule has 3 aromatic carbocycles. The van der Waals surface area contributed by atoms with Gasteiger partial charge in [-0.2, -0.15) is 0 Å². The number of hydrogen-bond acceptors (Lipinski definition) is 5. The van der Waals surface area contributed by atoms with Crippen molar-refractivity contribution in [2.45, 2.75) is 44.2 Å². The van der Waals surface area contributed by atoms with Crippen molar-refractivity contribution < 1.29 is 14.3 Å². The summed E-state index contributed by atoms with van der Waals surface area (Å²) in [4.78, 5) is 27.6. The lowest BCUT2D eigenvalue weighted by Gasteiger charge is -2.27. The standard InChI is InChI=1S/C31H38N4O3.ClH/c32-27-14-8-24(9-15-27)11-17-28(16-10-23-4-2-1-3-5-23)34-30(36)29(33)22-25-6-12-26(13-7-25)31(37)35-18-20-38-21-19-35;/h1-9,12-15,28-29H,10-11,16-22,32-33H2,(H,34,36);1H/t28-,29-;/m0./s1.